The van der Waals surface area contributed by atoms with Crippen molar-refractivity contribution in [3.8, 4) is 0 Å². The Morgan fingerprint density at radius 2 is 2.28 bits per heavy atom. The van der Waals surface area contributed by atoms with E-state index in [1.165, 1.54) is 38.8 Å². The Bertz CT molecular complexity index is 401. The van der Waals surface area contributed by atoms with E-state index in [2.05, 4.69) is 35.6 Å². The van der Waals surface area contributed by atoms with E-state index in [-0.39, 0.29) is 0 Å². The van der Waals surface area contributed by atoms with Crippen LogP contribution in [0.25, 0.3) is 0 Å². The fourth-order valence-corrected chi connectivity index (χ4v) is 4.71. The SMILES string of the molecule is CNC1CCN(C2CCCc3sccc32)CC1C. The largest absolute Gasteiger partial charge is 0.317 e. The summed E-state index contributed by atoms with van der Waals surface area (Å²) in [6, 6.07) is 3.80. The van der Waals surface area contributed by atoms with Crippen LogP contribution in [0.4, 0.5) is 0 Å². The first-order valence-corrected chi connectivity index (χ1v) is 8.15. The lowest BCUT2D eigenvalue weighted by molar-refractivity contribution is 0.0972. The third-order valence-electron chi connectivity index (χ3n) is 4.77. The number of hydrogen-bond donors (Lipinski definition) is 1. The summed E-state index contributed by atoms with van der Waals surface area (Å²) in [6.45, 7) is 4.91. The molecule has 0 amide bonds. The summed E-state index contributed by atoms with van der Waals surface area (Å²) in [5.41, 5.74) is 1.64. The lowest BCUT2D eigenvalue weighted by Crippen LogP contribution is -2.48. The van der Waals surface area contributed by atoms with Crippen molar-refractivity contribution >= 4 is 11.3 Å². The fourth-order valence-electron chi connectivity index (χ4n) is 3.73. The summed E-state index contributed by atoms with van der Waals surface area (Å²) in [7, 11) is 2.11. The summed E-state index contributed by atoms with van der Waals surface area (Å²) < 4.78 is 0. The van der Waals surface area contributed by atoms with Crippen LogP contribution in [0.3, 0.4) is 0 Å². The molecule has 1 aromatic heterocycles. The van der Waals surface area contributed by atoms with Gasteiger partial charge in [-0.25, -0.2) is 0 Å². The lowest BCUT2D eigenvalue weighted by Gasteiger charge is -2.42. The molecule has 0 saturated carbocycles. The van der Waals surface area contributed by atoms with Crippen molar-refractivity contribution in [3.63, 3.8) is 0 Å². The number of likely N-dealkylation sites (tertiary alicyclic amines) is 1. The second-order valence-corrected chi connectivity index (χ2v) is 6.86. The maximum atomic E-state index is 3.47. The predicted octanol–water partition coefficient (Wildman–Crippen LogP) is 3.06. The van der Waals surface area contributed by atoms with E-state index in [0.29, 0.717) is 12.1 Å². The van der Waals surface area contributed by atoms with Gasteiger partial charge in [0, 0.05) is 30.1 Å². The van der Waals surface area contributed by atoms with Gasteiger partial charge < -0.3 is 5.32 Å². The molecule has 3 heteroatoms. The van der Waals surface area contributed by atoms with Crippen molar-refractivity contribution in [2.24, 2.45) is 5.92 Å². The first-order chi connectivity index (χ1) is 8.79. The number of nitrogens with zero attached hydrogens (tertiary/aromatic N) is 1. The van der Waals surface area contributed by atoms with E-state index < -0.39 is 0 Å². The Balaban J connectivity index is 1.74. The normalized spacial score (nSPS) is 33.3. The summed E-state index contributed by atoms with van der Waals surface area (Å²) in [5.74, 6) is 0.771. The quantitative estimate of drug-likeness (QED) is 0.883. The van der Waals surface area contributed by atoms with E-state index in [4.69, 9.17) is 0 Å². The van der Waals surface area contributed by atoms with Crippen LogP contribution in [-0.2, 0) is 6.42 Å². The molecule has 0 spiro atoms. The summed E-state index contributed by atoms with van der Waals surface area (Å²) in [6.07, 6.45) is 5.35. The van der Waals surface area contributed by atoms with Gasteiger partial charge in [0.25, 0.3) is 0 Å². The molecule has 2 heterocycles. The van der Waals surface area contributed by atoms with Gasteiger partial charge in [0.2, 0.25) is 0 Å². The van der Waals surface area contributed by atoms with E-state index in [9.17, 15) is 0 Å². The highest BCUT2D eigenvalue weighted by Crippen LogP contribution is 2.38. The zero-order valence-electron chi connectivity index (χ0n) is 11.5. The van der Waals surface area contributed by atoms with E-state index in [0.717, 1.165) is 5.92 Å². The molecule has 1 N–H and O–H groups in total. The highest BCUT2D eigenvalue weighted by molar-refractivity contribution is 7.10. The van der Waals surface area contributed by atoms with Crippen molar-refractivity contribution in [1.82, 2.24) is 10.2 Å². The molecular weight excluding hydrogens is 240 g/mol. The van der Waals surface area contributed by atoms with Gasteiger partial charge in [-0.3, -0.25) is 4.90 Å². The molecule has 100 valence electrons. The minimum atomic E-state index is 0.709. The molecule has 2 aliphatic rings. The van der Waals surface area contributed by atoms with Gasteiger partial charge in [-0.05, 0) is 55.7 Å². The highest BCUT2D eigenvalue weighted by atomic mass is 32.1. The third kappa shape index (κ3) is 2.24. The van der Waals surface area contributed by atoms with E-state index >= 15 is 0 Å². The van der Waals surface area contributed by atoms with E-state index in [1.54, 1.807) is 10.4 Å². The Labute approximate surface area is 114 Å². The number of fused-ring (bicyclic) bond motifs is 1. The molecule has 1 aliphatic heterocycles. The zero-order chi connectivity index (χ0) is 12.5. The fraction of sp³-hybridized carbons (Fsp3) is 0.733. The second kappa shape index (κ2) is 5.32. The summed E-state index contributed by atoms with van der Waals surface area (Å²) in [4.78, 5) is 4.39. The molecule has 3 rings (SSSR count). The van der Waals surface area contributed by atoms with Gasteiger partial charge in [-0.2, -0.15) is 0 Å². The lowest BCUT2D eigenvalue weighted by atomic mass is 9.88. The topological polar surface area (TPSA) is 15.3 Å². The minimum Gasteiger partial charge on any atom is -0.317 e. The van der Waals surface area contributed by atoms with Crippen LogP contribution in [0.1, 0.15) is 42.7 Å². The van der Waals surface area contributed by atoms with Crippen molar-refractivity contribution in [2.45, 2.75) is 44.7 Å². The molecule has 3 atom stereocenters. The highest BCUT2D eigenvalue weighted by Gasteiger charge is 2.32. The molecular formula is C15H24N2S. The summed E-state index contributed by atoms with van der Waals surface area (Å²) >= 11 is 1.96. The number of aryl methyl sites for hydroxylation is 1. The number of piperidine rings is 1. The van der Waals surface area contributed by atoms with Gasteiger partial charge >= 0.3 is 0 Å². The van der Waals surface area contributed by atoms with Crippen molar-refractivity contribution in [2.75, 3.05) is 20.1 Å². The number of nitrogens with one attached hydrogen (secondary N) is 1. The van der Waals surface area contributed by atoms with Crippen LogP contribution in [0.5, 0.6) is 0 Å². The maximum Gasteiger partial charge on any atom is 0.0359 e. The molecule has 0 radical (unpaired) electrons. The first-order valence-electron chi connectivity index (χ1n) is 7.27. The van der Waals surface area contributed by atoms with Crippen LogP contribution >= 0.6 is 11.3 Å². The maximum absolute atomic E-state index is 3.47. The molecule has 0 bridgehead atoms. The van der Waals surface area contributed by atoms with Crippen LogP contribution in [0.15, 0.2) is 11.4 Å². The molecule has 3 unspecified atom stereocenters. The number of hydrogen-bond acceptors (Lipinski definition) is 3. The Kier molecular flexibility index (Phi) is 3.73. The molecule has 0 aromatic carbocycles. The average molecular weight is 264 g/mol. The van der Waals surface area contributed by atoms with Crippen LogP contribution in [0, 0.1) is 5.92 Å². The molecule has 1 fully saturated rings. The Morgan fingerprint density at radius 3 is 3.06 bits per heavy atom. The Hall–Kier alpha value is -0.380. The monoisotopic (exact) mass is 264 g/mol. The van der Waals surface area contributed by atoms with E-state index in [1.807, 2.05) is 11.3 Å². The minimum absolute atomic E-state index is 0.709. The van der Waals surface area contributed by atoms with Gasteiger partial charge in [0.05, 0.1) is 0 Å². The number of thiophene rings is 1. The molecule has 1 aromatic rings. The van der Waals surface area contributed by atoms with Crippen LogP contribution in [-0.4, -0.2) is 31.1 Å². The van der Waals surface area contributed by atoms with Crippen LogP contribution in [0.2, 0.25) is 0 Å². The van der Waals surface area contributed by atoms with Crippen molar-refractivity contribution in [1.29, 1.82) is 0 Å². The van der Waals surface area contributed by atoms with Gasteiger partial charge in [0.1, 0.15) is 0 Å². The van der Waals surface area contributed by atoms with Gasteiger partial charge in [-0.1, -0.05) is 6.92 Å². The summed E-state index contributed by atoms with van der Waals surface area (Å²) in [5, 5.41) is 5.75. The average Bonchev–Trinajstić information content (AvgIpc) is 2.86. The molecule has 18 heavy (non-hydrogen) atoms. The van der Waals surface area contributed by atoms with Crippen molar-refractivity contribution in [3.05, 3.63) is 21.9 Å². The first kappa shape index (κ1) is 12.6. The van der Waals surface area contributed by atoms with Crippen molar-refractivity contribution < 1.29 is 0 Å². The van der Waals surface area contributed by atoms with Gasteiger partial charge in [0.15, 0.2) is 0 Å². The van der Waals surface area contributed by atoms with Crippen LogP contribution < -0.4 is 5.32 Å². The smallest absolute Gasteiger partial charge is 0.0359 e. The van der Waals surface area contributed by atoms with Gasteiger partial charge in [-0.15, -0.1) is 11.3 Å². The standard InChI is InChI=1S/C15H24N2S/c1-11-10-17(8-6-13(11)16-2)14-4-3-5-15-12(14)7-9-18-15/h7,9,11,13-14,16H,3-6,8,10H2,1-2H3. The Morgan fingerprint density at radius 1 is 1.39 bits per heavy atom. The number of rotatable bonds is 2. The second-order valence-electron chi connectivity index (χ2n) is 5.86. The third-order valence-corrected chi connectivity index (χ3v) is 5.77. The zero-order valence-corrected chi connectivity index (χ0v) is 12.3. The molecule has 1 saturated heterocycles. The predicted molar refractivity (Wildman–Crippen MR) is 78.2 cm³/mol. The molecule has 1 aliphatic carbocycles. The molecule has 2 nitrogen and oxygen atoms in total.